The number of nitrogens with one attached hydrogen (secondary N) is 2. The molecule has 2 heterocycles. The third kappa shape index (κ3) is 1.91. The fourth-order valence-corrected chi connectivity index (χ4v) is 2.35. The van der Waals surface area contributed by atoms with Gasteiger partial charge in [0.05, 0.1) is 0 Å². The third-order valence-corrected chi connectivity index (χ3v) is 3.39. The Balaban J connectivity index is 2.15. The molecule has 7 heteroatoms. The molecule has 0 spiro atoms. The zero-order valence-electron chi connectivity index (χ0n) is 10.6. The van der Waals surface area contributed by atoms with E-state index in [9.17, 15) is 9.90 Å². The van der Waals surface area contributed by atoms with Crippen LogP contribution in [0.25, 0.3) is 16.9 Å². The number of imidazole rings is 1. The summed E-state index contributed by atoms with van der Waals surface area (Å²) in [5, 5.41) is 12.0. The van der Waals surface area contributed by atoms with E-state index in [-0.39, 0.29) is 18.1 Å². The predicted octanol–water partition coefficient (Wildman–Crippen LogP) is 0.404. The number of anilines is 1. The van der Waals surface area contributed by atoms with Gasteiger partial charge in [-0.2, -0.15) is 4.98 Å². The van der Waals surface area contributed by atoms with E-state index in [0.717, 1.165) is 18.5 Å². The molecular formula is C12H15N5O2. The van der Waals surface area contributed by atoms with Crippen LogP contribution >= 0.6 is 0 Å². The number of aliphatic hydroxyl groups is 1. The molecule has 0 saturated carbocycles. The van der Waals surface area contributed by atoms with Gasteiger partial charge in [-0.05, 0) is 12.8 Å². The zero-order chi connectivity index (χ0) is 13.4. The minimum Gasteiger partial charge on any atom is -0.396 e. The van der Waals surface area contributed by atoms with Crippen LogP contribution < -0.4 is 10.9 Å². The molecule has 1 aliphatic carbocycles. The average molecular weight is 261 g/mol. The van der Waals surface area contributed by atoms with Gasteiger partial charge in [0.1, 0.15) is 6.33 Å². The molecule has 0 aliphatic heterocycles. The van der Waals surface area contributed by atoms with E-state index in [4.69, 9.17) is 0 Å². The van der Waals surface area contributed by atoms with Crippen LogP contribution in [0.5, 0.6) is 0 Å². The molecule has 0 radical (unpaired) electrons. The van der Waals surface area contributed by atoms with Crippen LogP contribution in [0.3, 0.4) is 0 Å². The topological polar surface area (TPSA) is 95.8 Å². The molecule has 1 aliphatic rings. The number of aromatic nitrogens is 4. The smallest absolute Gasteiger partial charge is 0.280 e. The molecular weight excluding hydrogens is 246 g/mol. The summed E-state index contributed by atoms with van der Waals surface area (Å²) in [6, 6.07) is 0. The molecule has 2 aromatic heterocycles. The van der Waals surface area contributed by atoms with Crippen molar-refractivity contribution in [3.63, 3.8) is 0 Å². The lowest BCUT2D eigenvalue weighted by Gasteiger charge is -2.04. The predicted molar refractivity (Wildman–Crippen MR) is 71.8 cm³/mol. The second-order valence-electron chi connectivity index (χ2n) is 4.59. The summed E-state index contributed by atoms with van der Waals surface area (Å²) in [5.41, 5.74) is 1.64. The standard InChI is InChI=1S/C12H15N5O2/c1-13-12-15-10-9(11(19)16-12)14-6-17(10)8-3-2-7(4-8)5-18/h4,6-7,18H,2-3,5H2,1H3,(H2,13,15,16,19). The first-order chi connectivity index (χ1) is 9.22. The van der Waals surface area contributed by atoms with Gasteiger partial charge in [0.2, 0.25) is 5.95 Å². The summed E-state index contributed by atoms with van der Waals surface area (Å²) in [6.45, 7) is 0.145. The van der Waals surface area contributed by atoms with Gasteiger partial charge in [0.25, 0.3) is 5.56 Å². The highest BCUT2D eigenvalue weighted by Gasteiger charge is 2.19. The average Bonchev–Trinajstić information content (AvgIpc) is 3.04. The molecule has 0 bridgehead atoms. The maximum Gasteiger partial charge on any atom is 0.280 e. The Bertz CT molecular complexity index is 700. The second kappa shape index (κ2) is 4.51. The molecule has 2 aromatic rings. The fraction of sp³-hybridized carbons (Fsp3) is 0.417. The van der Waals surface area contributed by atoms with Gasteiger partial charge in [-0.1, -0.05) is 6.08 Å². The second-order valence-corrected chi connectivity index (χ2v) is 4.59. The maximum absolute atomic E-state index is 11.8. The van der Waals surface area contributed by atoms with Crippen molar-refractivity contribution in [3.8, 4) is 0 Å². The van der Waals surface area contributed by atoms with Crippen molar-refractivity contribution in [3.05, 3.63) is 22.8 Å². The Hall–Kier alpha value is -2.15. The molecule has 3 rings (SSSR count). The first-order valence-corrected chi connectivity index (χ1v) is 6.20. The normalized spacial score (nSPS) is 18.8. The van der Waals surface area contributed by atoms with Crippen LogP contribution in [0, 0.1) is 5.92 Å². The number of nitrogens with zero attached hydrogens (tertiary/aromatic N) is 3. The van der Waals surface area contributed by atoms with E-state index in [1.165, 1.54) is 0 Å². The van der Waals surface area contributed by atoms with Gasteiger partial charge >= 0.3 is 0 Å². The minimum absolute atomic E-state index is 0.145. The Morgan fingerprint density at radius 2 is 2.47 bits per heavy atom. The van der Waals surface area contributed by atoms with Crippen molar-refractivity contribution in [2.24, 2.45) is 5.92 Å². The molecule has 19 heavy (non-hydrogen) atoms. The summed E-state index contributed by atoms with van der Waals surface area (Å²) in [4.78, 5) is 22.9. The van der Waals surface area contributed by atoms with Crippen LogP contribution in [-0.2, 0) is 0 Å². The lowest BCUT2D eigenvalue weighted by molar-refractivity contribution is 0.251. The van der Waals surface area contributed by atoms with Gasteiger partial charge in [-0.25, -0.2) is 4.98 Å². The van der Waals surface area contributed by atoms with Crippen molar-refractivity contribution in [2.45, 2.75) is 12.8 Å². The lowest BCUT2D eigenvalue weighted by Crippen LogP contribution is -2.12. The summed E-state index contributed by atoms with van der Waals surface area (Å²) < 4.78 is 1.82. The van der Waals surface area contributed by atoms with Crippen molar-refractivity contribution < 1.29 is 5.11 Å². The first-order valence-electron chi connectivity index (χ1n) is 6.20. The minimum atomic E-state index is -0.259. The Kier molecular flexibility index (Phi) is 2.83. The van der Waals surface area contributed by atoms with Crippen LogP contribution in [0.4, 0.5) is 5.95 Å². The fourth-order valence-electron chi connectivity index (χ4n) is 2.35. The number of hydrogen-bond donors (Lipinski definition) is 3. The van der Waals surface area contributed by atoms with Gasteiger partial charge in [-0.3, -0.25) is 14.3 Å². The molecule has 0 aromatic carbocycles. The highest BCUT2D eigenvalue weighted by molar-refractivity contribution is 5.75. The van der Waals surface area contributed by atoms with E-state index < -0.39 is 0 Å². The SMILES string of the molecule is CNc1nc2c(ncn2C2=CC(CO)CC2)c(=O)[nH]1. The van der Waals surface area contributed by atoms with Crippen LogP contribution in [0.1, 0.15) is 12.8 Å². The Morgan fingerprint density at radius 3 is 3.16 bits per heavy atom. The monoisotopic (exact) mass is 261 g/mol. The third-order valence-electron chi connectivity index (χ3n) is 3.39. The Labute approximate surface area is 109 Å². The maximum atomic E-state index is 11.8. The number of allylic oxidation sites excluding steroid dienone is 1. The van der Waals surface area contributed by atoms with Crippen molar-refractivity contribution in [2.75, 3.05) is 19.0 Å². The number of H-pyrrole nitrogens is 1. The number of fused-ring (bicyclic) bond motifs is 1. The van der Waals surface area contributed by atoms with E-state index in [2.05, 4.69) is 20.3 Å². The van der Waals surface area contributed by atoms with E-state index >= 15 is 0 Å². The molecule has 0 amide bonds. The van der Waals surface area contributed by atoms with Gasteiger partial charge in [0.15, 0.2) is 11.2 Å². The molecule has 1 atom stereocenters. The first kappa shape index (κ1) is 11.9. The molecule has 3 N–H and O–H groups in total. The van der Waals surface area contributed by atoms with Crippen LogP contribution in [0.2, 0.25) is 0 Å². The van der Waals surface area contributed by atoms with Gasteiger partial charge in [0, 0.05) is 25.3 Å². The van der Waals surface area contributed by atoms with Gasteiger partial charge < -0.3 is 10.4 Å². The number of aliphatic hydroxyl groups excluding tert-OH is 1. The molecule has 0 fully saturated rings. The lowest BCUT2D eigenvalue weighted by atomic mass is 10.1. The number of rotatable bonds is 3. The quantitative estimate of drug-likeness (QED) is 0.743. The Morgan fingerprint density at radius 1 is 1.63 bits per heavy atom. The highest BCUT2D eigenvalue weighted by atomic mass is 16.3. The summed E-state index contributed by atoms with van der Waals surface area (Å²) in [7, 11) is 1.70. The molecule has 1 unspecified atom stereocenters. The molecule has 0 saturated heterocycles. The van der Waals surface area contributed by atoms with Crippen molar-refractivity contribution in [1.29, 1.82) is 0 Å². The number of aromatic amines is 1. The summed E-state index contributed by atoms with van der Waals surface area (Å²) in [5.74, 6) is 0.592. The zero-order valence-corrected chi connectivity index (χ0v) is 10.6. The molecule has 7 nitrogen and oxygen atoms in total. The summed E-state index contributed by atoms with van der Waals surface area (Å²) in [6.07, 6.45) is 5.38. The summed E-state index contributed by atoms with van der Waals surface area (Å²) >= 11 is 0. The van der Waals surface area contributed by atoms with Crippen LogP contribution in [-0.4, -0.2) is 38.3 Å². The molecule has 100 valence electrons. The van der Waals surface area contributed by atoms with Crippen molar-refractivity contribution in [1.82, 2.24) is 19.5 Å². The van der Waals surface area contributed by atoms with Crippen molar-refractivity contribution >= 4 is 22.8 Å². The van der Waals surface area contributed by atoms with E-state index in [0.29, 0.717) is 17.1 Å². The van der Waals surface area contributed by atoms with E-state index in [1.54, 1.807) is 13.4 Å². The van der Waals surface area contributed by atoms with Gasteiger partial charge in [-0.15, -0.1) is 0 Å². The largest absolute Gasteiger partial charge is 0.396 e. The van der Waals surface area contributed by atoms with E-state index in [1.807, 2.05) is 10.6 Å². The van der Waals surface area contributed by atoms with Crippen LogP contribution in [0.15, 0.2) is 17.2 Å². The number of hydrogen-bond acceptors (Lipinski definition) is 5. The highest BCUT2D eigenvalue weighted by Crippen LogP contribution is 2.28.